The lowest BCUT2D eigenvalue weighted by Crippen LogP contribution is -2.34. The summed E-state index contributed by atoms with van der Waals surface area (Å²) in [4.78, 5) is 11.5. The summed E-state index contributed by atoms with van der Waals surface area (Å²) >= 11 is 0. The van der Waals surface area contributed by atoms with E-state index in [0.29, 0.717) is 18.8 Å². The number of furan rings is 1. The molecule has 112 valence electrons. The third-order valence-corrected chi connectivity index (χ3v) is 3.05. The largest absolute Gasteiger partial charge is 0.497 e. The molecule has 0 aliphatic carbocycles. The van der Waals surface area contributed by atoms with Crippen LogP contribution < -0.4 is 10.5 Å². The molecular weight excluding hydrogens is 270 g/mol. The van der Waals surface area contributed by atoms with E-state index in [4.69, 9.17) is 19.6 Å². The first kappa shape index (κ1) is 15.1. The van der Waals surface area contributed by atoms with E-state index in [2.05, 4.69) is 0 Å². The SMILES string of the molecule is CCOC(=O)C(N)Cc1ccc(-c2ccc(OC)cc2)o1. The van der Waals surface area contributed by atoms with Gasteiger partial charge in [0.25, 0.3) is 0 Å². The summed E-state index contributed by atoms with van der Waals surface area (Å²) in [5.74, 6) is 1.75. The fraction of sp³-hybridized carbons (Fsp3) is 0.312. The third kappa shape index (κ3) is 3.86. The molecule has 2 rings (SSSR count). The third-order valence-electron chi connectivity index (χ3n) is 3.05. The van der Waals surface area contributed by atoms with Gasteiger partial charge in [0.1, 0.15) is 23.3 Å². The lowest BCUT2D eigenvalue weighted by atomic mass is 10.1. The first-order chi connectivity index (χ1) is 10.1. The molecule has 0 saturated carbocycles. The molecule has 1 unspecified atom stereocenters. The number of rotatable bonds is 6. The summed E-state index contributed by atoms with van der Waals surface area (Å²) < 4.78 is 15.7. The Kier molecular flexibility index (Phi) is 5.00. The number of carbonyl (C=O) groups excluding carboxylic acids is 1. The topological polar surface area (TPSA) is 74.7 Å². The van der Waals surface area contributed by atoms with Crippen molar-refractivity contribution in [1.82, 2.24) is 0 Å². The van der Waals surface area contributed by atoms with Gasteiger partial charge in [0.05, 0.1) is 13.7 Å². The fourth-order valence-corrected chi connectivity index (χ4v) is 1.95. The first-order valence-corrected chi connectivity index (χ1v) is 6.79. The average Bonchev–Trinajstić information content (AvgIpc) is 2.96. The summed E-state index contributed by atoms with van der Waals surface area (Å²) in [5, 5.41) is 0. The van der Waals surface area contributed by atoms with Crippen molar-refractivity contribution in [3.05, 3.63) is 42.2 Å². The number of carbonyl (C=O) groups is 1. The maximum Gasteiger partial charge on any atom is 0.323 e. The van der Waals surface area contributed by atoms with Crippen molar-refractivity contribution in [2.45, 2.75) is 19.4 Å². The van der Waals surface area contributed by atoms with Crippen LogP contribution in [0.4, 0.5) is 0 Å². The Morgan fingerprint density at radius 1 is 1.24 bits per heavy atom. The summed E-state index contributed by atoms with van der Waals surface area (Å²) in [5.41, 5.74) is 6.71. The van der Waals surface area contributed by atoms with Crippen LogP contribution in [-0.2, 0) is 16.0 Å². The summed E-state index contributed by atoms with van der Waals surface area (Å²) in [6.45, 7) is 2.07. The number of hydrogen-bond donors (Lipinski definition) is 1. The van der Waals surface area contributed by atoms with Crippen LogP contribution in [0.15, 0.2) is 40.8 Å². The van der Waals surface area contributed by atoms with E-state index >= 15 is 0 Å². The predicted molar refractivity (Wildman–Crippen MR) is 79.0 cm³/mol. The molecular formula is C16H19NO4. The predicted octanol–water partition coefficient (Wildman–Crippen LogP) is 2.39. The van der Waals surface area contributed by atoms with E-state index in [-0.39, 0.29) is 0 Å². The van der Waals surface area contributed by atoms with Gasteiger partial charge in [-0.1, -0.05) is 0 Å². The van der Waals surface area contributed by atoms with Gasteiger partial charge in [-0.2, -0.15) is 0 Å². The fourth-order valence-electron chi connectivity index (χ4n) is 1.95. The second kappa shape index (κ2) is 6.95. The van der Waals surface area contributed by atoms with Gasteiger partial charge in [-0.05, 0) is 43.3 Å². The highest BCUT2D eigenvalue weighted by molar-refractivity contribution is 5.75. The average molecular weight is 289 g/mol. The molecule has 0 saturated heterocycles. The molecule has 0 spiro atoms. The Labute approximate surface area is 123 Å². The Bertz CT molecular complexity index is 589. The van der Waals surface area contributed by atoms with Gasteiger partial charge in [0, 0.05) is 12.0 Å². The molecule has 2 aromatic rings. The van der Waals surface area contributed by atoms with Crippen LogP contribution in [-0.4, -0.2) is 25.7 Å². The maximum atomic E-state index is 11.5. The summed E-state index contributed by atoms with van der Waals surface area (Å²) in [7, 11) is 1.62. The maximum absolute atomic E-state index is 11.5. The number of nitrogens with two attached hydrogens (primary N) is 1. The second-order valence-corrected chi connectivity index (χ2v) is 4.56. The molecule has 0 aliphatic rings. The van der Waals surface area contributed by atoms with Crippen LogP contribution in [0, 0.1) is 0 Å². The smallest absolute Gasteiger partial charge is 0.323 e. The molecule has 0 amide bonds. The highest BCUT2D eigenvalue weighted by Crippen LogP contribution is 2.24. The lowest BCUT2D eigenvalue weighted by Gasteiger charge is -2.08. The van der Waals surface area contributed by atoms with E-state index in [9.17, 15) is 4.79 Å². The molecule has 0 aliphatic heterocycles. The van der Waals surface area contributed by atoms with Gasteiger partial charge in [-0.3, -0.25) is 4.79 Å². The second-order valence-electron chi connectivity index (χ2n) is 4.56. The van der Waals surface area contributed by atoms with Gasteiger partial charge in [-0.25, -0.2) is 0 Å². The van der Waals surface area contributed by atoms with E-state index < -0.39 is 12.0 Å². The van der Waals surface area contributed by atoms with Crippen molar-refractivity contribution in [3.8, 4) is 17.1 Å². The van der Waals surface area contributed by atoms with Crippen molar-refractivity contribution in [2.24, 2.45) is 5.73 Å². The Balaban J connectivity index is 2.05. The molecule has 0 bridgehead atoms. The van der Waals surface area contributed by atoms with E-state index in [1.807, 2.05) is 36.4 Å². The molecule has 1 aromatic carbocycles. The van der Waals surface area contributed by atoms with Gasteiger partial charge in [0.2, 0.25) is 0 Å². The lowest BCUT2D eigenvalue weighted by molar-refractivity contribution is -0.144. The minimum absolute atomic E-state index is 0.314. The van der Waals surface area contributed by atoms with Crippen molar-refractivity contribution >= 4 is 5.97 Å². The molecule has 1 atom stereocenters. The van der Waals surface area contributed by atoms with Crippen molar-refractivity contribution in [1.29, 1.82) is 0 Å². The number of ether oxygens (including phenoxy) is 2. The zero-order valence-electron chi connectivity index (χ0n) is 12.2. The van der Waals surface area contributed by atoms with Crippen LogP contribution in [0.5, 0.6) is 5.75 Å². The Morgan fingerprint density at radius 2 is 1.95 bits per heavy atom. The molecule has 1 heterocycles. The number of esters is 1. The van der Waals surface area contributed by atoms with Crippen LogP contribution >= 0.6 is 0 Å². The van der Waals surface area contributed by atoms with Crippen LogP contribution in [0.2, 0.25) is 0 Å². The van der Waals surface area contributed by atoms with Crippen LogP contribution in [0.3, 0.4) is 0 Å². The van der Waals surface area contributed by atoms with Gasteiger partial charge < -0.3 is 19.6 Å². The molecule has 0 fully saturated rings. The minimum atomic E-state index is -0.709. The molecule has 1 aromatic heterocycles. The Morgan fingerprint density at radius 3 is 2.57 bits per heavy atom. The molecule has 5 heteroatoms. The highest BCUT2D eigenvalue weighted by atomic mass is 16.5. The molecule has 21 heavy (non-hydrogen) atoms. The standard InChI is InChI=1S/C16H19NO4/c1-3-20-16(18)14(17)10-13-8-9-15(21-13)11-4-6-12(19-2)7-5-11/h4-9,14H,3,10,17H2,1-2H3. The Hall–Kier alpha value is -2.27. The zero-order valence-corrected chi connectivity index (χ0v) is 12.2. The molecule has 5 nitrogen and oxygen atoms in total. The van der Waals surface area contributed by atoms with E-state index in [1.54, 1.807) is 14.0 Å². The van der Waals surface area contributed by atoms with E-state index in [1.165, 1.54) is 0 Å². The van der Waals surface area contributed by atoms with Gasteiger partial charge in [-0.15, -0.1) is 0 Å². The van der Waals surface area contributed by atoms with E-state index in [0.717, 1.165) is 17.1 Å². The number of methoxy groups -OCH3 is 1. The van der Waals surface area contributed by atoms with Crippen LogP contribution in [0.25, 0.3) is 11.3 Å². The zero-order chi connectivity index (χ0) is 15.2. The van der Waals surface area contributed by atoms with Crippen molar-refractivity contribution < 1.29 is 18.7 Å². The number of benzene rings is 1. The quantitative estimate of drug-likeness (QED) is 0.826. The van der Waals surface area contributed by atoms with Crippen molar-refractivity contribution in [3.63, 3.8) is 0 Å². The summed E-state index contributed by atoms with van der Waals surface area (Å²) in [6, 6.07) is 10.5. The van der Waals surface area contributed by atoms with Crippen LogP contribution in [0.1, 0.15) is 12.7 Å². The molecule has 2 N–H and O–H groups in total. The summed E-state index contributed by atoms with van der Waals surface area (Å²) in [6.07, 6.45) is 0.314. The minimum Gasteiger partial charge on any atom is -0.497 e. The molecule has 0 radical (unpaired) electrons. The number of hydrogen-bond acceptors (Lipinski definition) is 5. The van der Waals surface area contributed by atoms with Crippen molar-refractivity contribution in [2.75, 3.05) is 13.7 Å². The highest BCUT2D eigenvalue weighted by Gasteiger charge is 2.17. The van der Waals surface area contributed by atoms with Gasteiger partial charge >= 0.3 is 5.97 Å². The normalized spacial score (nSPS) is 12.0. The first-order valence-electron chi connectivity index (χ1n) is 6.79. The van der Waals surface area contributed by atoms with Gasteiger partial charge in [0.15, 0.2) is 0 Å². The monoisotopic (exact) mass is 289 g/mol.